The first-order valence-electron chi connectivity index (χ1n) is 7.71. The molecule has 1 aliphatic rings. The van der Waals surface area contributed by atoms with Crippen molar-refractivity contribution in [2.24, 2.45) is 0 Å². The van der Waals surface area contributed by atoms with Gasteiger partial charge in [-0.15, -0.1) is 0 Å². The van der Waals surface area contributed by atoms with Crippen LogP contribution in [0.4, 0.5) is 0 Å². The minimum atomic E-state index is 0.175. The number of benzene rings is 2. The Labute approximate surface area is 127 Å². The molecule has 108 valence electrons. The first-order valence-corrected chi connectivity index (χ1v) is 7.71. The summed E-state index contributed by atoms with van der Waals surface area (Å²) in [6, 6.07) is 21.6. The van der Waals surface area contributed by atoms with Gasteiger partial charge in [0.05, 0.1) is 0 Å². The maximum Gasteiger partial charge on any atom is 0.0423 e. The Hall–Kier alpha value is -2.02. The van der Waals surface area contributed by atoms with Gasteiger partial charge in [-0.25, -0.2) is 0 Å². The zero-order valence-electron chi connectivity index (χ0n) is 12.9. The van der Waals surface area contributed by atoms with Crippen LogP contribution in [0.15, 0.2) is 72.4 Å². The number of allylic oxidation sites excluding steroid dienone is 1. The molecule has 2 aromatic carbocycles. The van der Waals surface area contributed by atoms with Crippen molar-refractivity contribution in [3.8, 4) is 0 Å². The van der Waals surface area contributed by atoms with Gasteiger partial charge >= 0.3 is 0 Å². The van der Waals surface area contributed by atoms with Crippen LogP contribution in [0.5, 0.6) is 0 Å². The van der Waals surface area contributed by atoms with Crippen molar-refractivity contribution in [1.29, 1.82) is 0 Å². The molecular weight excluding hydrogens is 254 g/mol. The molecule has 1 nitrogen and oxygen atoms in total. The first kappa shape index (κ1) is 13.9. The predicted octanol–water partition coefficient (Wildman–Crippen LogP) is 4.75. The lowest BCUT2D eigenvalue weighted by atomic mass is 9.72. The average Bonchev–Trinajstić information content (AvgIpc) is 2.53. The van der Waals surface area contributed by atoms with Crippen molar-refractivity contribution < 1.29 is 0 Å². The lowest BCUT2D eigenvalue weighted by Crippen LogP contribution is -2.35. The molecule has 0 bridgehead atoms. The molecule has 1 atom stereocenters. The molecule has 1 heteroatoms. The third-order valence-corrected chi connectivity index (χ3v) is 4.79. The molecule has 1 aliphatic heterocycles. The summed E-state index contributed by atoms with van der Waals surface area (Å²) < 4.78 is 0. The molecule has 2 aromatic rings. The summed E-state index contributed by atoms with van der Waals surface area (Å²) in [5.74, 6) is 0. The fourth-order valence-electron chi connectivity index (χ4n) is 3.17. The van der Waals surface area contributed by atoms with Crippen molar-refractivity contribution in [2.45, 2.75) is 32.2 Å². The predicted molar refractivity (Wildman–Crippen MR) is 89.0 cm³/mol. The van der Waals surface area contributed by atoms with Gasteiger partial charge in [-0.05, 0) is 36.2 Å². The van der Waals surface area contributed by atoms with Crippen LogP contribution >= 0.6 is 0 Å². The molecule has 21 heavy (non-hydrogen) atoms. The van der Waals surface area contributed by atoms with Crippen LogP contribution in [0.1, 0.15) is 31.4 Å². The molecule has 0 fully saturated rings. The monoisotopic (exact) mass is 277 g/mol. The lowest BCUT2D eigenvalue weighted by Gasteiger charge is -2.39. The highest BCUT2D eigenvalue weighted by Crippen LogP contribution is 2.38. The third-order valence-electron chi connectivity index (χ3n) is 4.79. The normalized spacial score (nSPS) is 22.0. The van der Waals surface area contributed by atoms with Crippen LogP contribution in [0.3, 0.4) is 0 Å². The summed E-state index contributed by atoms with van der Waals surface area (Å²) in [6.45, 7) is 6.75. The highest BCUT2D eigenvalue weighted by atomic mass is 15.1. The summed E-state index contributed by atoms with van der Waals surface area (Å²) in [7, 11) is 0. The molecule has 0 aromatic heterocycles. The second-order valence-corrected chi connectivity index (χ2v) is 6.22. The summed E-state index contributed by atoms with van der Waals surface area (Å²) >= 11 is 0. The van der Waals surface area contributed by atoms with E-state index < -0.39 is 0 Å². The topological polar surface area (TPSA) is 3.24 Å². The van der Waals surface area contributed by atoms with E-state index in [4.69, 9.17) is 0 Å². The third kappa shape index (κ3) is 2.87. The molecule has 1 heterocycles. The van der Waals surface area contributed by atoms with Gasteiger partial charge < -0.3 is 4.90 Å². The summed E-state index contributed by atoms with van der Waals surface area (Å²) in [4.78, 5) is 2.44. The van der Waals surface area contributed by atoms with Gasteiger partial charge in [-0.1, -0.05) is 67.6 Å². The zero-order valence-corrected chi connectivity index (χ0v) is 12.9. The van der Waals surface area contributed by atoms with E-state index in [2.05, 4.69) is 85.6 Å². The largest absolute Gasteiger partial charge is 0.373 e. The zero-order chi connectivity index (χ0) is 14.7. The Morgan fingerprint density at radius 1 is 0.952 bits per heavy atom. The maximum atomic E-state index is 2.44. The van der Waals surface area contributed by atoms with E-state index in [1.54, 1.807) is 0 Å². The fraction of sp³-hybridized carbons (Fsp3) is 0.300. The fourth-order valence-corrected chi connectivity index (χ4v) is 3.17. The first-order chi connectivity index (χ1) is 10.2. The molecule has 0 saturated carbocycles. The van der Waals surface area contributed by atoms with Crippen molar-refractivity contribution in [1.82, 2.24) is 4.90 Å². The minimum Gasteiger partial charge on any atom is -0.373 e. The molecule has 0 saturated heterocycles. The van der Waals surface area contributed by atoms with Crippen LogP contribution in [0.25, 0.3) is 0 Å². The Kier molecular flexibility index (Phi) is 3.83. The van der Waals surface area contributed by atoms with Crippen molar-refractivity contribution in [3.05, 3.63) is 83.6 Å². The molecular formula is C20H23N. The van der Waals surface area contributed by atoms with Crippen LogP contribution in [-0.2, 0) is 12.0 Å². The molecule has 0 spiro atoms. The Morgan fingerprint density at radius 3 is 2.19 bits per heavy atom. The van der Waals surface area contributed by atoms with Gasteiger partial charge in [0.25, 0.3) is 0 Å². The highest BCUT2D eigenvalue weighted by Gasteiger charge is 2.32. The van der Waals surface area contributed by atoms with Crippen molar-refractivity contribution in [2.75, 3.05) is 6.54 Å². The summed E-state index contributed by atoms with van der Waals surface area (Å²) in [5.41, 5.74) is 4.44. The van der Waals surface area contributed by atoms with Gasteiger partial charge in [0.1, 0.15) is 0 Å². The van der Waals surface area contributed by atoms with E-state index in [0.29, 0.717) is 0 Å². The van der Waals surface area contributed by atoms with Crippen LogP contribution in [-0.4, -0.2) is 11.4 Å². The van der Waals surface area contributed by atoms with E-state index in [1.165, 1.54) is 23.1 Å². The molecule has 3 rings (SSSR count). The summed E-state index contributed by atoms with van der Waals surface area (Å²) in [5, 5.41) is 0. The lowest BCUT2D eigenvalue weighted by molar-refractivity contribution is 0.291. The second kappa shape index (κ2) is 5.77. The Balaban J connectivity index is 1.80. The quantitative estimate of drug-likeness (QED) is 0.782. The number of hydrogen-bond donors (Lipinski definition) is 0. The molecule has 1 unspecified atom stereocenters. The molecule has 0 N–H and O–H groups in total. The van der Waals surface area contributed by atoms with Gasteiger partial charge in [0.2, 0.25) is 0 Å². The van der Waals surface area contributed by atoms with Crippen molar-refractivity contribution in [3.63, 3.8) is 0 Å². The van der Waals surface area contributed by atoms with E-state index in [9.17, 15) is 0 Å². The standard InChI is InChI=1S/C20H23N/c1-17-15-21(16-18-9-5-3-6-10-18)14-13-20(17,2)19-11-7-4-8-12-19/h3-12,15H,13-14,16H2,1-2H3. The van der Waals surface area contributed by atoms with Crippen molar-refractivity contribution >= 4 is 0 Å². The van der Waals surface area contributed by atoms with E-state index >= 15 is 0 Å². The van der Waals surface area contributed by atoms with Crippen LogP contribution < -0.4 is 0 Å². The molecule has 0 aliphatic carbocycles. The second-order valence-electron chi connectivity index (χ2n) is 6.22. The van der Waals surface area contributed by atoms with Gasteiger partial charge in [-0.2, -0.15) is 0 Å². The van der Waals surface area contributed by atoms with Gasteiger partial charge in [0.15, 0.2) is 0 Å². The molecule has 0 radical (unpaired) electrons. The Morgan fingerprint density at radius 2 is 1.57 bits per heavy atom. The maximum absolute atomic E-state index is 2.44. The number of nitrogens with zero attached hydrogens (tertiary/aromatic N) is 1. The van der Waals surface area contributed by atoms with E-state index in [-0.39, 0.29) is 5.41 Å². The number of rotatable bonds is 3. The van der Waals surface area contributed by atoms with Crippen LogP contribution in [0.2, 0.25) is 0 Å². The minimum absolute atomic E-state index is 0.175. The van der Waals surface area contributed by atoms with Crippen LogP contribution in [0, 0.1) is 0 Å². The van der Waals surface area contributed by atoms with Gasteiger partial charge in [-0.3, -0.25) is 0 Å². The number of hydrogen-bond acceptors (Lipinski definition) is 1. The molecule has 0 amide bonds. The SMILES string of the molecule is CC1=CN(Cc2ccccc2)CCC1(C)c1ccccc1. The smallest absolute Gasteiger partial charge is 0.0423 e. The Bertz CT molecular complexity index is 615. The highest BCUT2D eigenvalue weighted by molar-refractivity contribution is 5.36. The average molecular weight is 277 g/mol. The van der Waals surface area contributed by atoms with E-state index in [0.717, 1.165) is 13.1 Å². The summed E-state index contributed by atoms with van der Waals surface area (Å²) in [6.07, 6.45) is 3.52. The van der Waals surface area contributed by atoms with Gasteiger partial charge in [0, 0.05) is 18.5 Å². The van der Waals surface area contributed by atoms with E-state index in [1.807, 2.05) is 0 Å².